The van der Waals surface area contributed by atoms with Crippen LogP contribution in [0.5, 0.6) is 11.5 Å². The number of fused-ring (bicyclic) bond motifs is 8. The molecule has 0 saturated heterocycles. The fraction of sp³-hybridized carbons (Fsp3) is 0.0952. The van der Waals surface area contributed by atoms with E-state index in [1.165, 1.54) is 5.56 Å². The first-order valence-electron chi connectivity index (χ1n) is 15.8. The van der Waals surface area contributed by atoms with Gasteiger partial charge in [-0.15, -0.1) is 40.4 Å². The predicted molar refractivity (Wildman–Crippen MR) is 191 cm³/mol. The SMILES string of the molecule is CC(C)(C)c1ccccc1-n1cnc2c3c(ccc4ccc(Oc5[c-]c6c(cc5)c5ccccc5n6-c5ccccn5)[c-]c43)ccc21.[Pt+2]. The Bertz CT molecular complexity index is 2650. The summed E-state index contributed by atoms with van der Waals surface area (Å²) in [6.07, 6.45) is 3.76. The van der Waals surface area contributed by atoms with Gasteiger partial charge in [-0.05, 0) is 46.7 Å². The minimum atomic E-state index is -0.0112. The average Bonchev–Trinajstić information content (AvgIpc) is 3.67. The van der Waals surface area contributed by atoms with Crippen molar-refractivity contribution in [2.75, 3.05) is 0 Å². The van der Waals surface area contributed by atoms with Crippen LogP contribution in [0.2, 0.25) is 0 Å². The Balaban J connectivity index is 0.00000336. The number of imidazole rings is 1. The van der Waals surface area contributed by atoms with Gasteiger partial charge in [-0.2, -0.15) is 6.07 Å². The van der Waals surface area contributed by atoms with Gasteiger partial charge in [0.15, 0.2) is 0 Å². The Labute approximate surface area is 292 Å². The largest absolute Gasteiger partial charge is 2.00 e. The summed E-state index contributed by atoms with van der Waals surface area (Å²) < 4.78 is 10.8. The zero-order valence-corrected chi connectivity index (χ0v) is 28.9. The molecule has 3 aromatic heterocycles. The van der Waals surface area contributed by atoms with Crippen LogP contribution in [0, 0.1) is 12.1 Å². The number of nitrogens with zero attached hydrogens (tertiary/aromatic N) is 4. The first-order chi connectivity index (χ1) is 22.9. The Morgan fingerprint density at radius 2 is 1.38 bits per heavy atom. The monoisotopic (exact) mass is 801 g/mol. The molecule has 0 amide bonds. The molecule has 0 N–H and O–H groups in total. The first kappa shape index (κ1) is 30.1. The quantitative estimate of drug-likeness (QED) is 0.132. The Hall–Kier alpha value is -5.25. The zero-order valence-electron chi connectivity index (χ0n) is 26.6. The molecule has 0 radical (unpaired) electrons. The van der Waals surface area contributed by atoms with E-state index in [4.69, 9.17) is 9.72 Å². The number of rotatable bonds is 4. The number of pyridine rings is 1. The van der Waals surface area contributed by atoms with Crippen molar-refractivity contribution in [3.8, 4) is 23.0 Å². The van der Waals surface area contributed by atoms with Crippen molar-refractivity contribution >= 4 is 54.4 Å². The fourth-order valence-corrected chi connectivity index (χ4v) is 6.86. The van der Waals surface area contributed by atoms with Crippen LogP contribution in [-0.2, 0) is 26.5 Å². The molecule has 9 rings (SSSR count). The molecule has 9 aromatic rings. The maximum atomic E-state index is 6.50. The molecule has 0 atom stereocenters. The minimum absolute atomic E-state index is 0. The average molecular weight is 802 g/mol. The zero-order chi connectivity index (χ0) is 31.7. The smallest absolute Gasteiger partial charge is 0.503 e. The molecule has 6 heteroatoms. The van der Waals surface area contributed by atoms with Gasteiger partial charge in [-0.25, -0.2) is 9.97 Å². The summed E-state index contributed by atoms with van der Waals surface area (Å²) in [6, 6.07) is 46.8. The molecule has 0 unspecified atom stereocenters. The maximum Gasteiger partial charge on any atom is 2.00 e. The third-order valence-corrected chi connectivity index (χ3v) is 9.02. The number of hydrogen-bond donors (Lipinski definition) is 0. The van der Waals surface area contributed by atoms with E-state index in [-0.39, 0.29) is 26.5 Å². The van der Waals surface area contributed by atoms with Crippen molar-refractivity contribution in [2.24, 2.45) is 0 Å². The van der Waals surface area contributed by atoms with E-state index in [2.05, 4.69) is 132 Å². The fourth-order valence-electron chi connectivity index (χ4n) is 6.86. The first-order valence-corrected chi connectivity index (χ1v) is 15.8. The number of hydrogen-bond acceptors (Lipinski definition) is 3. The molecule has 0 aliphatic heterocycles. The standard InChI is InChI=1S/C42H30N4O.Pt/c1-42(2,3)34-11-5-7-13-36(34)45-26-44-41-37(45)22-18-28-16-15-27-17-19-29(24-33(27)40(28)41)47-30-20-21-32-31-10-4-6-12-35(31)46(38(32)25-30)39-14-8-9-23-43-39;/h4-23,26H,1-3H3;/q-2;+2. The second-order valence-corrected chi connectivity index (χ2v) is 13.0. The van der Waals surface area contributed by atoms with E-state index in [1.807, 2.05) is 42.9 Å². The Kier molecular flexibility index (Phi) is 7.19. The molecule has 0 spiro atoms. The number of ether oxygens (including phenoxy) is 1. The maximum absolute atomic E-state index is 6.50. The molecular weight excluding hydrogens is 772 g/mol. The Morgan fingerprint density at radius 3 is 2.23 bits per heavy atom. The minimum Gasteiger partial charge on any atom is -0.503 e. The summed E-state index contributed by atoms with van der Waals surface area (Å²) >= 11 is 0. The van der Waals surface area contributed by atoms with Crippen molar-refractivity contribution in [2.45, 2.75) is 26.2 Å². The van der Waals surface area contributed by atoms with Crippen LogP contribution in [0.1, 0.15) is 26.3 Å². The summed E-state index contributed by atoms with van der Waals surface area (Å²) in [5.41, 5.74) is 6.39. The number of benzene rings is 6. The van der Waals surface area contributed by atoms with E-state index in [1.54, 1.807) is 0 Å². The van der Waals surface area contributed by atoms with Gasteiger partial charge in [0.25, 0.3) is 0 Å². The van der Waals surface area contributed by atoms with E-state index < -0.39 is 0 Å². The molecule has 0 aliphatic rings. The molecule has 5 nitrogen and oxygen atoms in total. The van der Waals surface area contributed by atoms with E-state index in [9.17, 15) is 0 Å². The molecule has 0 aliphatic carbocycles. The van der Waals surface area contributed by atoms with Crippen molar-refractivity contribution in [1.82, 2.24) is 19.1 Å². The molecule has 48 heavy (non-hydrogen) atoms. The van der Waals surface area contributed by atoms with E-state index in [0.717, 1.165) is 65.9 Å². The topological polar surface area (TPSA) is 44.9 Å². The second kappa shape index (κ2) is 11.5. The van der Waals surface area contributed by atoms with Crippen LogP contribution in [-0.4, -0.2) is 19.1 Å². The Morgan fingerprint density at radius 1 is 0.646 bits per heavy atom. The third-order valence-electron chi connectivity index (χ3n) is 9.02. The summed E-state index contributed by atoms with van der Waals surface area (Å²) in [5, 5.41) is 6.47. The summed E-state index contributed by atoms with van der Waals surface area (Å²) in [5.74, 6) is 2.07. The summed E-state index contributed by atoms with van der Waals surface area (Å²) in [4.78, 5) is 9.64. The summed E-state index contributed by atoms with van der Waals surface area (Å²) in [7, 11) is 0. The molecule has 234 valence electrons. The van der Waals surface area contributed by atoms with Gasteiger partial charge in [0.1, 0.15) is 5.82 Å². The van der Waals surface area contributed by atoms with Crippen LogP contribution in [0.25, 0.3) is 65.9 Å². The van der Waals surface area contributed by atoms with Gasteiger partial charge in [0, 0.05) is 23.2 Å². The number of para-hydroxylation sites is 2. The van der Waals surface area contributed by atoms with Gasteiger partial charge in [-0.3, -0.25) is 4.57 Å². The molecule has 0 bridgehead atoms. The molecule has 3 heterocycles. The van der Waals surface area contributed by atoms with Gasteiger partial charge < -0.3 is 9.30 Å². The van der Waals surface area contributed by atoms with E-state index >= 15 is 0 Å². The molecule has 0 fully saturated rings. The van der Waals surface area contributed by atoms with Crippen LogP contribution >= 0.6 is 0 Å². The van der Waals surface area contributed by atoms with E-state index in [0.29, 0.717) is 11.5 Å². The van der Waals surface area contributed by atoms with Crippen LogP contribution < -0.4 is 4.74 Å². The van der Waals surface area contributed by atoms with Crippen LogP contribution in [0.15, 0.2) is 128 Å². The summed E-state index contributed by atoms with van der Waals surface area (Å²) in [6.45, 7) is 6.74. The van der Waals surface area contributed by atoms with Gasteiger partial charge in [-0.1, -0.05) is 104 Å². The van der Waals surface area contributed by atoms with Crippen LogP contribution in [0.4, 0.5) is 0 Å². The predicted octanol–water partition coefficient (Wildman–Crippen LogP) is 10.5. The van der Waals surface area contributed by atoms with Crippen LogP contribution in [0.3, 0.4) is 0 Å². The molecule has 6 aromatic carbocycles. The van der Waals surface area contributed by atoms with Crippen molar-refractivity contribution < 1.29 is 25.8 Å². The van der Waals surface area contributed by atoms with Crippen molar-refractivity contribution in [3.05, 3.63) is 145 Å². The second-order valence-electron chi connectivity index (χ2n) is 13.0. The van der Waals surface area contributed by atoms with Crippen molar-refractivity contribution in [1.29, 1.82) is 0 Å². The van der Waals surface area contributed by atoms with Gasteiger partial charge in [0.05, 0.1) is 23.0 Å². The number of aromatic nitrogens is 4. The normalized spacial score (nSPS) is 11.9. The third kappa shape index (κ3) is 4.81. The van der Waals surface area contributed by atoms with Gasteiger partial charge in [0.2, 0.25) is 0 Å². The van der Waals surface area contributed by atoms with Gasteiger partial charge >= 0.3 is 21.1 Å². The van der Waals surface area contributed by atoms with Crippen molar-refractivity contribution in [3.63, 3.8) is 0 Å². The molecule has 0 saturated carbocycles. The molecular formula is C42H30N4OPt.